The molecular weight excluding hydrogens is 442 g/mol. The number of esters is 1. The van der Waals surface area contributed by atoms with Crippen molar-refractivity contribution in [1.29, 1.82) is 0 Å². The normalized spacial score (nSPS) is 10.5. The molecule has 3 N–H and O–H groups in total. The Morgan fingerprint density at radius 1 is 1.19 bits per heavy atom. The molecule has 1 aromatic heterocycles. The molecule has 1 heterocycles. The van der Waals surface area contributed by atoms with Gasteiger partial charge in [0.05, 0.1) is 22.9 Å². The number of thioether (sulfide) groups is 1. The molecule has 0 saturated heterocycles. The number of rotatable bonds is 9. The van der Waals surface area contributed by atoms with Crippen LogP contribution in [0.25, 0.3) is 0 Å². The van der Waals surface area contributed by atoms with Gasteiger partial charge in [-0.05, 0) is 37.3 Å². The fraction of sp³-hybridized carbons (Fsp3) is 0.200. The average molecular weight is 462 g/mol. The number of nitrogens with two attached hydrogens (primary N) is 1. The van der Waals surface area contributed by atoms with Crippen molar-refractivity contribution in [3.05, 3.63) is 64.9 Å². The van der Waals surface area contributed by atoms with E-state index in [9.17, 15) is 9.59 Å². The van der Waals surface area contributed by atoms with E-state index in [0.717, 1.165) is 11.8 Å². The maximum absolute atomic E-state index is 12.3. The minimum atomic E-state index is -0.556. The van der Waals surface area contributed by atoms with Crippen LogP contribution in [0.5, 0.6) is 5.75 Å². The lowest BCUT2D eigenvalue weighted by Gasteiger charge is -2.09. The number of carbonyl (C=O) groups excluding carboxylic acids is 2. The lowest BCUT2D eigenvalue weighted by molar-refractivity contribution is -0.113. The van der Waals surface area contributed by atoms with E-state index >= 15 is 0 Å². The summed E-state index contributed by atoms with van der Waals surface area (Å²) < 4.78 is 11.8. The first-order valence-corrected chi connectivity index (χ1v) is 10.6. The number of aromatic nitrogens is 3. The molecule has 0 aliphatic heterocycles. The molecule has 3 aromatic rings. The summed E-state index contributed by atoms with van der Waals surface area (Å²) in [4.78, 5) is 24.2. The largest absolute Gasteiger partial charge is 0.486 e. The monoisotopic (exact) mass is 461 g/mol. The quantitative estimate of drug-likeness (QED) is 0.283. The van der Waals surface area contributed by atoms with Crippen LogP contribution in [0.1, 0.15) is 23.1 Å². The van der Waals surface area contributed by atoms with E-state index < -0.39 is 5.97 Å². The SMILES string of the molecule is CCOC(=O)c1cc(NC(=O)CSc2nnc(COc3ccccc3)n2N)ccc1Cl. The molecule has 0 unspecified atom stereocenters. The van der Waals surface area contributed by atoms with E-state index in [-0.39, 0.29) is 35.5 Å². The third-order valence-corrected chi connectivity index (χ3v) is 5.20. The molecule has 3 rings (SSSR count). The summed E-state index contributed by atoms with van der Waals surface area (Å²) in [7, 11) is 0. The minimum absolute atomic E-state index is 0.0340. The number of hydrogen-bond acceptors (Lipinski definition) is 8. The summed E-state index contributed by atoms with van der Waals surface area (Å²) in [5.74, 6) is 6.27. The molecule has 162 valence electrons. The average Bonchev–Trinajstić information content (AvgIpc) is 3.12. The second-order valence-corrected chi connectivity index (χ2v) is 7.47. The van der Waals surface area contributed by atoms with Crippen LogP contribution in [-0.4, -0.2) is 39.1 Å². The number of benzene rings is 2. The lowest BCUT2D eigenvalue weighted by Crippen LogP contribution is -2.18. The first kappa shape index (κ1) is 22.4. The maximum atomic E-state index is 12.3. The van der Waals surface area contributed by atoms with Crippen molar-refractivity contribution >= 4 is 40.9 Å². The van der Waals surface area contributed by atoms with Crippen molar-refractivity contribution in [2.75, 3.05) is 23.5 Å². The lowest BCUT2D eigenvalue weighted by atomic mass is 10.2. The van der Waals surface area contributed by atoms with Gasteiger partial charge in [-0.15, -0.1) is 10.2 Å². The summed E-state index contributed by atoms with van der Waals surface area (Å²) >= 11 is 7.15. The molecule has 1 amide bonds. The summed E-state index contributed by atoms with van der Waals surface area (Å²) in [5, 5.41) is 11.3. The van der Waals surface area contributed by atoms with E-state index in [1.807, 2.05) is 30.3 Å². The summed E-state index contributed by atoms with van der Waals surface area (Å²) in [6.45, 7) is 2.06. The van der Waals surface area contributed by atoms with Crippen LogP contribution in [0, 0.1) is 0 Å². The van der Waals surface area contributed by atoms with Gasteiger partial charge in [0.25, 0.3) is 0 Å². The molecule has 0 spiro atoms. The number of nitrogen functional groups attached to an aromatic ring is 1. The van der Waals surface area contributed by atoms with Crippen LogP contribution in [0.2, 0.25) is 5.02 Å². The molecule has 31 heavy (non-hydrogen) atoms. The fourth-order valence-electron chi connectivity index (χ4n) is 2.46. The molecule has 2 aromatic carbocycles. The van der Waals surface area contributed by atoms with Crippen molar-refractivity contribution < 1.29 is 19.1 Å². The maximum Gasteiger partial charge on any atom is 0.339 e. The van der Waals surface area contributed by atoms with Crippen LogP contribution in [0.4, 0.5) is 5.69 Å². The van der Waals surface area contributed by atoms with E-state index in [4.69, 9.17) is 26.9 Å². The van der Waals surface area contributed by atoms with Gasteiger partial charge in [0.2, 0.25) is 11.1 Å². The van der Waals surface area contributed by atoms with E-state index in [1.54, 1.807) is 13.0 Å². The van der Waals surface area contributed by atoms with Crippen LogP contribution in [0.3, 0.4) is 0 Å². The third-order valence-electron chi connectivity index (χ3n) is 3.92. The molecule has 0 saturated carbocycles. The van der Waals surface area contributed by atoms with Crippen LogP contribution in [0.15, 0.2) is 53.7 Å². The minimum Gasteiger partial charge on any atom is -0.486 e. The highest BCUT2D eigenvalue weighted by Gasteiger charge is 2.15. The Morgan fingerprint density at radius 2 is 1.97 bits per heavy atom. The molecule has 0 bridgehead atoms. The van der Waals surface area contributed by atoms with Crippen molar-refractivity contribution in [2.24, 2.45) is 0 Å². The standard InChI is InChI=1S/C20H20ClN5O4S/c1-2-29-19(28)15-10-13(8-9-16(15)21)23-18(27)12-31-20-25-24-17(26(20)22)11-30-14-6-4-3-5-7-14/h3-10H,2,11-12,22H2,1H3,(H,23,27). The molecular formula is C20H20ClN5O4S. The fourth-order valence-corrected chi connectivity index (χ4v) is 3.33. The number of carbonyl (C=O) groups is 2. The number of para-hydroxylation sites is 1. The number of halogens is 1. The van der Waals surface area contributed by atoms with Gasteiger partial charge in [-0.25, -0.2) is 9.47 Å². The molecule has 11 heteroatoms. The van der Waals surface area contributed by atoms with Crippen molar-refractivity contribution in [2.45, 2.75) is 18.7 Å². The van der Waals surface area contributed by atoms with Gasteiger partial charge in [0, 0.05) is 5.69 Å². The third kappa shape index (κ3) is 6.12. The molecule has 0 atom stereocenters. The van der Waals surface area contributed by atoms with E-state index in [1.165, 1.54) is 16.8 Å². The molecule has 9 nitrogen and oxygen atoms in total. The Labute approximate surface area is 187 Å². The molecule has 0 radical (unpaired) electrons. The van der Waals surface area contributed by atoms with Crippen molar-refractivity contribution in [1.82, 2.24) is 14.9 Å². The first-order chi connectivity index (χ1) is 15.0. The first-order valence-electron chi connectivity index (χ1n) is 9.24. The number of nitrogens with one attached hydrogen (secondary N) is 1. The highest BCUT2D eigenvalue weighted by atomic mass is 35.5. The van der Waals surface area contributed by atoms with Gasteiger partial charge in [0.1, 0.15) is 12.4 Å². The second kappa shape index (κ2) is 10.7. The Morgan fingerprint density at radius 3 is 2.71 bits per heavy atom. The second-order valence-electron chi connectivity index (χ2n) is 6.12. The van der Waals surface area contributed by atoms with Crippen LogP contribution >= 0.6 is 23.4 Å². The van der Waals surface area contributed by atoms with Crippen molar-refractivity contribution in [3.8, 4) is 5.75 Å². The van der Waals surface area contributed by atoms with Gasteiger partial charge in [-0.1, -0.05) is 41.6 Å². The number of amides is 1. The van der Waals surface area contributed by atoms with Gasteiger partial charge in [-0.2, -0.15) is 0 Å². The van der Waals surface area contributed by atoms with Gasteiger partial charge in [0.15, 0.2) is 5.82 Å². The predicted molar refractivity (Wildman–Crippen MR) is 118 cm³/mol. The topological polar surface area (TPSA) is 121 Å². The van der Waals surface area contributed by atoms with Crippen molar-refractivity contribution in [3.63, 3.8) is 0 Å². The van der Waals surface area contributed by atoms with E-state index in [2.05, 4.69) is 15.5 Å². The summed E-state index contributed by atoms with van der Waals surface area (Å²) in [6.07, 6.45) is 0. The molecule has 0 aliphatic carbocycles. The zero-order chi connectivity index (χ0) is 22.2. The Kier molecular flexibility index (Phi) is 7.74. The van der Waals surface area contributed by atoms with Crippen LogP contribution < -0.4 is 15.9 Å². The van der Waals surface area contributed by atoms with Crippen LogP contribution in [-0.2, 0) is 16.1 Å². The van der Waals surface area contributed by atoms with E-state index in [0.29, 0.717) is 22.4 Å². The Bertz CT molecular complexity index is 1060. The number of ether oxygens (including phenoxy) is 2. The predicted octanol–water partition coefficient (Wildman–Crippen LogP) is 3.13. The number of anilines is 1. The summed E-state index contributed by atoms with van der Waals surface area (Å²) in [6, 6.07) is 13.8. The zero-order valence-corrected chi connectivity index (χ0v) is 18.2. The number of nitrogens with zero attached hydrogens (tertiary/aromatic N) is 3. The highest BCUT2D eigenvalue weighted by Crippen LogP contribution is 2.22. The zero-order valence-electron chi connectivity index (χ0n) is 16.6. The smallest absolute Gasteiger partial charge is 0.339 e. The Balaban J connectivity index is 1.55. The molecule has 0 aliphatic rings. The van der Waals surface area contributed by atoms with Gasteiger partial charge in [-0.3, -0.25) is 4.79 Å². The number of hydrogen-bond donors (Lipinski definition) is 2. The van der Waals surface area contributed by atoms with Gasteiger partial charge < -0.3 is 20.6 Å². The van der Waals surface area contributed by atoms with Gasteiger partial charge >= 0.3 is 5.97 Å². The highest BCUT2D eigenvalue weighted by molar-refractivity contribution is 7.99. The summed E-state index contributed by atoms with van der Waals surface area (Å²) in [5.41, 5.74) is 0.600. The molecule has 0 fully saturated rings. The Hall–Kier alpha value is -3.24.